The smallest absolute Gasteiger partial charge is 0.229 e. The minimum atomic E-state index is -0.309. The van der Waals surface area contributed by atoms with Crippen molar-refractivity contribution in [3.05, 3.63) is 119 Å². The normalized spacial score (nSPS) is 14.3. The summed E-state index contributed by atoms with van der Waals surface area (Å²) in [7, 11) is 0. The van der Waals surface area contributed by atoms with Gasteiger partial charge in [0.25, 0.3) is 0 Å². The van der Waals surface area contributed by atoms with Gasteiger partial charge in [-0.2, -0.15) is 4.99 Å². The van der Waals surface area contributed by atoms with Crippen molar-refractivity contribution in [3.63, 3.8) is 0 Å². The average molecular weight is 554 g/mol. The fourth-order valence-corrected chi connectivity index (χ4v) is 5.12. The van der Waals surface area contributed by atoms with Gasteiger partial charge in [-0.1, -0.05) is 60.7 Å². The Labute approximate surface area is 239 Å². The zero-order valence-corrected chi connectivity index (χ0v) is 23.4. The van der Waals surface area contributed by atoms with Gasteiger partial charge in [0.2, 0.25) is 17.0 Å². The summed E-state index contributed by atoms with van der Waals surface area (Å²) in [5.74, 6) is 0.728. The highest BCUT2D eigenvalue weighted by molar-refractivity contribution is 7.80. The maximum Gasteiger partial charge on any atom is 0.229 e. The van der Waals surface area contributed by atoms with Gasteiger partial charge in [0.1, 0.15) is 5.82 Å². The summed E-state index contributed by atoms with van der Waals surface area (Å²) < 4.78 is 13.4. The van der Waals surface area contributed by atoms with E-state index >= 15 is 0 Å². The van der Waals surface area contributed by atoms with E-state index in [1.54, 1.807) is 12.1 Å². The SMILES string of the molecule is Cc1cc(C)nc(N/C(=N/C(=S)Nc2ccc(F)cc2)N2CCN(C(c3ccccc3)c3ccccc3)CC2)n1. The number of aliphatic imine (C=N–C) groups is 1. The molecule has 1 aliphatic heterocycles. The lowest BCUT2D eigenvalue weighted by molar-refractivity contribution is 0.150. The molecule has 0 saturated carbocycles. The molecule has 2 heterocycles. The van der Waals surface area contributed by atoms with Crippen LogP contribution in [0.25, 0.3) is 0 Å². The summed E-state index contributed by atoms with van der Waals surface area (Å²) in [5.41, 5.74) is 4.92. The van der Waals surface area contributed by atoms with E-state index in [1.807, 2.05) is 19.9 Å². The van der Waals surface area contributed by atoms with Crippen LogP contribution < -0.4 is 10.6 Å². The van der Waals surface area contributed by atoms with E-state index in [0.29, 0.717) is 17.6 Å². The molecule has 3 aromatic carbocycles. The molecule has 204 valence electrons. The Morgan fingerprint density at radius 2 is 1.35 bits per heavy atom. The Morgan fingerprint density at radius 1 is 0.800 bits per heavy atom. The number of rotatable bonds is 5. The first-order chi connectivity index (χ1) is 19.4. The molecule has 0 aliphatic carbocycles. The molecule has 9 heteroatoms. The topological polar surface area (TPSA) is 68.7 Å². The lowest BCUT2D eigenvalue weighted by atomic mass is 9.96. The van der Waals surface area contributed by atoms with Crippen LogP contribution in [0.3, 0.4) is 0 Å². The highest BCUT2D eigenvalue weighted by Crippen LogP contribution is 2.29. The number of anilines is 2. The molecule has 0 unspecified atom stereocenters. The van der Waals surface area contributed by atoms with E-state index in [2.05, 4.69) is 91.1 Å². The van der Waals surface area contributed by atoms with Crippen LogP contribution in [0.4, 0.5) is 16.0 Å². The molecular weight excluding hydrogens is 521 g/mol. The summed E-state index contributed by atoms with van der Waals surface area (Å²) in [6.45, 7) is 6.97. The minimum Gasteiger partial charge on any atom is -0.340 e. The number of nitrogens with one attached hydrogen (secondary N) is 2. The molecule has 40 heavy (non-hydrogen) atoms. The third kappa shape index (κ3) is 7.05. The molecule has 0 atom stereocenters. The summed E-state index contributed by atoms with van der Waals surface area (Å²) >= 11 is 5.56. The molecule has 5 rings (SSSR count). The van der Waals surface area contributed by atoms with Crippen LogP contribution in [0.2, 0.25) is 0 Å². The highest BCUT2D eigenvalue weighted by Gasteiger charge is 2.28. The third-order valence-electron chi connectivity index (χ3n) is 6.72. The Kier molecular flexibility index (Phi) is 8.73. The summed E-state index contributed by atoms with van der Waals surface area (Å²) in [6, 6.07) is 29.3. The van der Waals surface area contributed by atoms with Crippen LogP contribution in [0.1, 0.15) is 28.6 Å². The van der Waals surface area contributed by atoms with Gasteiger partial charge in [0.15, 0.2) is 0 Å². The van der Waals surface area contributed by atoms with Crippen molar-refractivity contribution in [2.45, 2.75) is 19.9 Å². The van der Waals surface area contributed by atoms with E-state index in [-0.39, 0.29) is 17.0 Å². The van der Waals surface area contributed by atoms with E-state index in [1.165, 1.54) is 23.3 Å². The van der Waals surface area contributed by atoms with Gasteiger partial charge in [0, 0.05) is 43.3 Å². The van der Waals surface area contributed by atoms with Crippen LogP contribution >= 0.6 is 12.2 Å². The molecule has 1 fully saturated rings. The number of guanidine groups is 1. The van der Waals surface area contributed by atoms with E-state index in [4.69, 9.17) is 17.2 Å². The third-order valence-corrected chi connectivity index (χ3v) is 6.91. The number of nitrogens with zero attached hydrogens (tertiary/aromatic N) is 5. The first kappa shape index (κ1) is 27.4. The van der Waals surface area contributed by atoms with E-state index in [0.717, 1.165) is 37.6 Å². The lowest BCUT2D eigenvalue weighted by Crippen LogP contribution is -2.52. The number of aromatic nitrogens is 2. The Balaban J connectivity index is 1.37. The summed E-state index contributed by atoms with van der Waals surface area (Å²) in [6.07, 6.45) is 0. The average Bonchev–Trinajstić information content (AvgIpc) is 2.95. The van der Waals surface area contributed by atoms with Gasteiger partial charge in [-0.25, -0.2) is 14.4 Å². The van der Waals surface area contributed by atoms with Crippen molar-refractivity contribution in [2.75, 3.05) is 36.8 Å². The van der Waals surface area contributed by atoms with Gasteiger partial charge in [-0.15, -0.1) is 0 Å². The van der Waals surface area contributed by atoms with Gasteiger partial charge in [-0.05, 0) is 67.5 Å². The maximum absolute atomic E-state index is 13.4. The van der Waals surface area contributed by atoms with Gasteiger partial charge < -0.3 is 10.2 Å². The van der Waals surface area contributed by atoms with Crippen molar-refractivity contribution < 1.29 is 4.39 Å². The highest BCUT2D eigenvalue weighted by atomic mass is 32.1. The second-order valence-corrected chi connectivity index (χ2v) is 10.1. The fraction of sp³-hybridized carbons (Fsp3) is 0.226. The number of aryl methyl sites for hydroxylation is 2. The van der Waals surface area contributed by atoms with Crippen LogP contribution in [0.5, 0.6) is 0 Å². The molecule has 7 nitrogen and oxygen atoms in total. The Morgan fingerprint density at radius 3 is 1.90 bits per heavy atom. The Hall–Kier alpha value is -4.21. The maximum atomic E-state index is 13.4. The van der Waals surface area contributed by atoms with Crippen molar-refractivity contribution >= 4 is 34.9 Å². The van der Waals surface area contributed by atoms with Crippen LogP contribution in [-0.2, 0) is 0 Å². The van der Waals surface area contributed by atoms with Crippen molar-refractivity contribution in [1.82, 2.24) is 19.8 Å². The molecule has 1 aliphatic rings. The first-order valence-electron chi connectivity index (χ1n) is 13.3. The summed E-state index contributed by atoms with van der Waals surface area (Å²) in [5, 5.41) is 6.64. The molecule has 1 saturated heterocycles. The second kappa shape index (κ2) is 12.8. The molecule has 0 spiro atoms. The fourth-order valence-electron chi connectivity index (χ4n) is 4.92. The first-order valence-corrected chi connectivity index (χ1v) is 13.7. The van der Waals surface area contributed by atoms with Crippen LogP contribution in [0.15, 0.2) is 96.0 Å². The van der Waals surface area contributed by atoms with Gasteiger partial charge >= 0.3 is 0 Å². The number of piperazine rings is 1. The number of hydrogen-bond acceptors (Lipinski definition) is 4. The zero-order chi connectivity index (χ0) is 27.9. The second-order valence-electron chi connectivity index (χ2n) is 9.72. The minimum absolute atomic E-state index is 0.155. The predicted octanol–water partition coefficient (Wildman–Crippen LogP) is 5.80. The van der Waals surface area contributed by atoms with Crippen LogP contribution in [0, 0.1) is 19.7 Å². The van der Waals surface area contributed by atoms with E-state index in [9.17, 15) is 4.39 Å². The lowest BCUT2D eigenvalue weighted by Gasteiger charge is -2.40. The zero-order valence-electron chi connectivity index (χ0n) is 22.6. The van der Waals surface area contributed by atoms with Crippen molar-refractivity contribution in [1.29, 1.82) is 0 Å². The monoisotopic (exact) mass is 553 g/mol. The molecule has 0 amide bonds. The molecule has 4 aromatic rings. The quantitative estimate of drug-likeness (QED) is 0.184. The van der Waals surface area contributed by atoms with Crippen molar-refractivity contribution in [3.8, 4) is 0 Å². The molecule has 0 radical (unpaired) electrons. The largest absolute Gasteiger partial charge is 0.340 e. The molecule has 0 bridgehead atoms. The number of halogens is 1. The summed E-state index contributed by atoms with van der Waals surface area (Å²) in [4.78, 5) is 18.5. The van der Waals surface area contributed by atoms with Gasteiger partial charge in [0.05, 0.1) is 6.04 Å². The number of thiocarbonyl (C=S) groups is 1. The van der Waals surface area contributed by atoms with E-state index < -0.39 is 0 Å². The predicted molar refractivity (Wildman–Crippen MR) is 163 cm³/mol. The van der Waals surface area contributed by atoms with Crippen LogP contribution in [-0.4, -0.2) is 57.0 Å². The van der Waals surface area contributed by atoms with Gasteiger partial charge in [-0.3, -0.25) is 10.2 Å². The molecule has 2 N–H and O–H groups in total. The van der Waals surface area contributed by atoms with Crippen molar-refractivity contribution in [2.24, 2.45) is 4.99 Å². The molecular formula is C31H32FN7S. The molecule has 1 aromatic heterocycles. The number of benzene rings is 3. The Bertz CT molecular complexity index is 1390. The number of hydrogen-bond donors (Lipinski definition) is 2. The standard InChI is InChI=1S/C31H32FN7S/c1-22-21-23(2)34-29(33-22)36-30(37-31(40)35-27-15-13-26(32)14-16-27)39-19-17-38(18-20-39)28(24-9-5-3-6-10-24)25-11-7-4-8-12-25/h3-16,21,28H,17-20H2,1-2H3,(H2,33,34,35,36,37,40).